The summed E-state index contributed by atoms with van der Waals surface area (Å²) >= 11 is -0.297. The van der Waals surface area contributed by atoms with Crippen LogP contribution >= 0.6 is 0 Å². The summed E-state index contributed by atoms with van der Waals surface area (Å²) in [6.45, 7) is 1.78. The maximum absolute atomic E-state index is 13.2. The minimum atomic E-state index is -0.428. The first-order chi connectivity index (χ1) is 12.6. The maximum atomic E-state index is 13.2. The Balaban J connectivity index is 2.00. The molecule has 5 nitrogen and oxygen atoms in total. The van der Waals surface area contributed by atoms with Crippen molar-refractivity contribution in [3.05, 3.63) is 81.2 Å². The topological polar surface area (TPSA) is 65.1 Å². The molecule has 3 aromatic heterocycles. The molecule has 0 saturated carbocycles. The van der Waals surface area contributed by atoms with Gasteiger partial charge >= 0.3 is 153 Å². The van der Waals surface area contributed by atoms with Gasteiger partial charge in [0.05, 0.1) is 0 Å². The quantitative estimate of drug-likeness (QED) is 0.317. The van der Waals surface area contributed by atoms with Crippen LogP contribution in [0.25, 0.3) is 36.1 Å². The van der Waals surface area contributed by atoms with Crippen LogP contribution in [0.4, 0.5) is 0 Å². The number of aromatic nitrogens is 2. The predicted molar refractivity (Wildman–Crippen MR) is 103 cm³/mol. The van der Waals surface area contributed by atoms with Gasteiger partial charge in [0, 0.05) is 0 Å². The van der Waals surface area contributed by atoms with Crippen LogP contribution in [0.1, 0.15) is 5.82 Å². The van der Waals surface area contributed by atoms with Crippen molar-refractivity contribution in [2.75, 3.05) is 0 Å². The van der Waals surface area contributed by atoms with Gasteiger partial charge in [-0.3, -0.25) is 0 Å². The zero-order valence-electron chi connectivity index (χ0n) is 13.7. The van der Waals surface area contributed by atoms with Crippen LogP contribution in [0.2, 0.25) is 0 Å². The molecule has 0 radical (unpaired) electrons. The second-order valence-electron chi connectivity index (χ2n) is 6.00. The molecule has 126 valence electrons. The molecular formula is C20H12N2O3Se. The van der Waals surface area contributed by atoms with E-state index < -0.39 is 5.63 Å². The van der Waals surface area contributed by atoms with Gasteiger partial charge in [0.15, 0.2) is 0 Å². The monoisotopic (exact) mass is 408 g/mol. The third kappa shape index (κ3) is 2.06. The average molecular weight is 407 g/mol. The van der Waals surface area contributed by atoms with Gasteiger partial charge in [-0.25, -0.2) is 0 Å². The minimum absolute atomic E-state index is 0.113. The number of hydrogen-bond donors (Lipinski definition) is 0. The van der Waals surface area contributed by atoms with Gasteiger partial charge in [-0.05, 0) is 0 Å². The van der Waals surface area contributed by atoms with Crippen LogP contribution in [-0.4, -0.2) is 24.1 Å². The molecule has 6 heteroatoms. The second-order valence-corrected chi connectivity index (χ2v) is 8.15. The normalized spacial score (nSPS) is 11.6. The number of rotatable bonds is 1. The van der Waals surface area contributed by atoms with E-state index in [2.05, 4.69) is 4.98 Å². The zero-order chi connectivity index (χ0) is 17.8. The summed E-state index contributed by atoms with van der Waals surface area (Å²) in [5.41, 5.74) is 1.26. The Labute approximate surface area is 152 Å². The molecular weight excluding hydrogens is 395 g/mol. The van der Waals surface area contributed by atoms with E-state index in [1.165, 1.54) is 0 Å². The fraction of sp³-hybridized carbons (Fsp3) is 0.0500. The van der Waals surface area contributed by atoms with Gasteiger partial charge in [-0.2, -0.15) is 0 Å². The van der Waals surface area contributed by atoms with E-state index in [9.17, 15) is 9.59 Å². The summed E-state index contributed by atoms with van der Waals surface area (Å²) in [6, 6.07) is 16.9. The number of para-hydroxylation sites is 2. The summed E-state index contributed by atoms with van der Waals surface area (Å²) in [4.78, 5) is 30.4. The molecule has 0 spiro atoms. The van der Waals surface area contributed by atoms with Crippen molar-refractivity contribution >= 4 is 44.9 Å². The van der Waals surface area contributed by atoms with Crippen molar-refractivity contribution in [3.63, 3.8) is 0 Å². The third-order valence-electron chi connectivity index (χ3n) is 4.43. The zero-order valence-corrected chi connectivity index (χ0v) is 15.4. The Kier molecular flexibility index (Phi) is 3.25. The molecule has 5 rings (SSSR count). The first kappa shape index (κ1) is 15.3. The molecule has 0 aliphatic heterocycles. The SMILES string of the molecule is Cc1nc2c([se]c3c4ccccc4oc(=O)c23)c(=O)n1-c1ccccc1. The van der Waals surface area contributed by atoms with Crippen molar-refractivity contribution in [1.82, 2.24) is 9.55 Å². The van der Waals surface area contributed by atoms with E-state index in [0.717, 1.165) is 15.3 Å². The molecule has 0 amide bonds. The van der Waals surface area contributed by atoms with Crippen molar-refractivity contribution in [3.8, 4) is 5.69 Å². The van der Waals surface area contributed by atoms with Gasteiger partial charge < -0.3 is 0 Å². The molecule has 26 heavy (non-hydrogen) atoms. The molecule has 3 heterocycles. The molecule has 0 fully saturated rings. The van der Waals surface area contributed by atoms with Crippen molar-refractivity contribution in [2.24, 2.45) is 0 Å². The van der Waals surface area contributed by atoms with E-state index in [1.54, 1.807) is 17.6 Å². The van der Waals surface area contributed by atoms with Gasteiger partial charge in [0.1, 0.15) is 0 Å². The molecule has 0 N–H and O–H groups in total. The molecule has 0 aliphatic carbocycles. The number of fused-ring (bicyclic) bond motifs is 5. The molecule has 0 unspecified atom stereocenters. The van der Waals surface area contributed by atoms with Crippen LogP contribution in [0.15, 0.2) is 68.6 Å². The molecule has 2 aromatic carbocycles. The summed E-state index contributed by atoms with van der Waals surface area (Å²) in [5.74, 6) is 0.552. The van der Waals surface area contributed by atoms with E-state index in [-0.39, 0.29) is 20.1 Å². The molecule has 0 atom stereocenters. The number of aryl methyl sites for hydroxylation is 1. The third-order valence-corrected chi connectivity index (χ3v) is 6.95. The van der Waals surface area contributed by atoms with Gasteiger partial charge in [-0.1, -0.05) is 0 Å². The van der Waals surface area contributed by atoms with E-state index >= 15 is 0 Å². The standard InChI is InChI=1S/C20H12N2O3Se/c1-11-21-16-15-17(13-9-5-6-10-14(13)25-20(15)24)26-18(16)19(23)22(11)12-7-3-2-4-8-12/h2-10H,1H3. The Hall–Kier alpha value is -2.95. The fourth-order valence-electron chi connectivity index (χ4n) is 3.29. The van der Waals surface area contributed by atoms with Crippen LogP contribution in [0, 0.1) is 6.92 Å². The number of hydrogen-bond acceptors (Lipinski definition) is 4. The summed E-state index contributed by atoms with van der Waals surface area (Å²) < 4.78 is 8.55. The molecule has 5 aromatic rings. The Morgan fingerprint density at radius 1 is 0.962 bits per heavy atom. The van der Waals surface area contributed by atoms with Crippen molar-refractivity contribution < 1.29 is 4.42 Å². The summed E-state index contributed by atoms with van der Waals surface area (Å²) in [5, 5.41) is 1.32. The first-order valence-corrected chi connectivity index (χ1v) is 9.79. The molecule has 0 aliphatic rings. The molecule has 0 bridgehead atoms. The Morgan fingerprint density at radius 3 is 2.50 bits per heavy atom. The average Bonchev–Trinajstić information content (AvgIpc) is 3.03. The Morgan fingerprint density at radius 2 is 1.69 bits per heavy atom. The Bertz CT molecular complexity index is 1430. The number of benzene rings is 2. The summed E-state index contributed by atoms with van der Waals surface area (Å²) in [6.07, 6.45) is 0. The van der Waals surface area contributed by atoms with Gasteiger partial charge in [0.2, 0.25) is 0 Å². The van der Waals surface area contributed by atoms with Crippen LogP contribution in [0.5, 0.6) is 0 Å². The van der Waals surface area contributed by atoms with E-state index in [0.29, 0.717) is 26.6 Å². The number of nitrogens with zero attached hydrogens (tertiary/aromatic N) is 2. The van der Waals surface area contributed by atoms with Crippen molar-refractivity contribution in [2.45, 2.75) is 6.92 Å². The summed E-state index contributed by atoms with van der Waals surface area (Å²) in [7, 11) is 0. The first-order valence-electron chi connectivity index (χ1n) is 8.08. The van der Waals surface area contributed by atoms with Crippen LogP contribution in [-0.2, 0) is 0 Å². The van der Waals surface area contributed by atoms with Crippen LogP contribution in [0.3, 0.4) is 0 Å². The molecule has 0 saturated heterocycles. The van der Waals surface area contributed by atoms with Crippen LogP contribution < -0.4 is 11.2 Å². The fourth-order valence-corrected chi connectivity index (χ4v) is 5.78. The van der Waals surface area contributed by atoms with Crippen molar-refractivity contribution in [1.29, 1.82) is 0 Å². The van der Waals surface area contributed by atoms with E-state index in [4.69, 9.17) is 4.42 Å². The second kappa shape index (κ2) is 5.53. The van der Waals surface area contributed by atoms with E-state index in [1.807, 2.05) is 48.5 Å². The predicted octanol–water partition coefficient (Wildman–Crippen LogP) is 3.01. The van der Waals surface area contributed by atoms with Gasteiger partial charge in [0.25, 0.3) is 0 Å². The van der Waals surface area contributed by atoms with Gasteiger partial charge in [-0.15, -0.1) is 0 Å².